The van der Waals surface area contributed by atoms with Crippen molar-refractivity contribution in [3.63, 3.8) is 0 Å². The van der Waals surface area contributed by atoms with E-state index in [0.29, 0.717) is 17.5 Å². The van der Waals surface area contributed by atoms with Crippen LogP contribution in [-0.4, -0.2) is 20.7 Å². The summed E-state index contributed by atoms with van der Waals surface area (Å²) in [4.78, 5) is 17.5. The monoisotopic (exact) mass is 372 g/mol. The van der Waals surface area contributed by atoms with E-state index in [4.69, 9.17) is 4.42 Å². The highest BCUT2D eigenvalue weighted by atomic mass is 16.4. The van der Waals surface area contributed by atoms with E-state index in [1.165, 1.54) is 0 Å². The molecule has 0 spiro atoms. The first-order valence-corrected chi connectivity index (χ1v) is 8.99. The highest BCUT2D eigenvalue weighted by molar-refractivity contribution is 6.05. The zero-order chi connectivity index (χ0) is 19.7. The number of carbonyl (C=O) groups excluding carboxylic acids is 1. The lowest BCUT2D eigenvalue weighted by atomic mass is 10.2. The molecular weight excluding hydrogens is 352 g/mol. The predicted molar refractivity (Wildman–Crippen MR) is 108 cm³/mol. The van der Waals surface area contributed by atoms with Crippen molar-refractivity contribution in [1.82, 2.24) is 14.8 Å². The van der Waals surface area contributed by atoms with Gasteiger partial charge in [0, 0.05) is 16.9 Å². The summed E-state index contributed by atoms with van der Waals surface area (Å²) in [6.07, 6.45) is 0. The number of benzene rings is 2. The van der Waals surface area contributed by atoms with Gasteiger partial charge in [-0.1, -0.05) is 35.9 Å². The van der Waals surface area contributed by atoms with Crippen molar-refractivity contribution in [2.45, 2.75) is 20.8 Å². The molecule has 0 bridgehead atoms. The van der Waals surface area contributed by atoms with E-state index in [1.54, 1.807) is 4.68 Å². The molecule has 0 aliphatic carbocycles. The number of amides is 1. The van der Waals surface area contributed by atoms with Crippen molar-refractivity contribution >= 4 is 11.6 Å². The van der Waals surface area contributed by atoms with Crippen LogP contribution in [0.5, 0.6) is 0 Å². The van der Waals surface area contributed by atoms with E-state index < -0.39 is 0 Å². The Morgan fingerprint density at radius 2 is 1.71 bits per heavy atom. The minimum atomic E-state index is -0.350. The van der Waals surface area contributed by atoms with Gasteiger partial charge in [0.2, 0.25) is 5.89 Å². The fourth-order valence-corrected chi connectivity index (χ4v) is 2.97. The van der Waals surface area contributed by atoms with Gasteiger partial charge in [-0.05, 0) is 51.1 Å². The van der Waals surface area contributed by atoms with Crippen molar-refractivity contribution in [3.05, 3.63) is 83.3 Å². The molecule has 1 amide bonds. The second-order valence-electron chi connectivity index (χ2n) is 6.70. The molecule has 6 heteroatoms. The molecule has 2 heterocycles. The van der Waals surface area contributed by atoms with E-state index in [-0.39, 0.29) is 11.6 Å². The highest BCUT2D eigenvalue weighted by Crippen LogP contribution is 2.26. The average Bonchev–Trinajstić information content (AvgIpc) is 3.27. The summed E-state index contributed by atoms with van der Waals surface area (Å²) in [6, 6.07) is 19.0. The molecule has 2 aromatic heterocycles. The zero-order valence-electron chi connectivity index (χ0n) is 15.9. The number of rotatable bonds is 4. The Balaban J connectivity index is 1.78. The molecule has 1 N–H and O–H groups in total. The lowest BCUT2D eigenvalue weighted by Gasteiger charge is -2.05. The molecule has 0 atom stereocenters. The Hall–Kier alpha value is -3.67. The Kier molecular flexibility index (Phi) is 4.53. The number of aryl methyl sites for hydroxylation is 3. The van der Waals surface area contributed by atoms with Crippen molar-refractivity contribution in [3.8, 4) is 17.3 Å². The van der Waals surface area contributed by atoms with E-state index in [9.17, 15) is 4.79 Å². The van der Waals surface area contributed by atoms with Crippen molar-refractivity contribution in [1.29, 1.82) is 0 Å². The topological polar surface area (TPSA) is 73.0 Å². The summed E-state index contributed by atoms with van der Waals surface area (Å²) in [5.74, 6) is 0.323. The highest BCUT2D eigenvalue weighted by Gasteiger charge is 2.24. The normalized spacial score (nSPS) is 10.8. The maximum atomic E-state index is 13.0. The van der Waals surface area contributed by atoms with E-state index >= 15 is 0 Å². The number of nitrogens with zero attached hydrogens (tertiary/aromatic N) is 3. The Labute approximate surface area is 162 Å². The van der Waals surface area contributed by atoms with Crippen LogP contribution in [0.1, 0.15) is 27.4 Å². The first kappa shape index (κ1) is 17.7. The number of anilines is 1. The summed E-state index contributed by atoms with van der Waals surface area (Å²) in [5.41, 5.74) is 4.48. The zero-order valence-corrected chi connectivity index (χ0v) is 15.9. The summed E-state index contributed by atoms with van der Waals surface area (Å²) >= 11 is 0. The van der Waals surface area contributed by atoms with Crippen LogP contribution in [0.25, 0.3) is 17.3 Å². The van der Waals surface area contributed by atoms with Gasteiger partial charge in [0.05, 0.1) is 5.69 Å². The molecule has 6 nitrogen and oxygen atoms in total. The average molecular weight is 372 g/mol. The van der Waals surface area contributed by atoms with Crippen LogP contribution >= 0.6 is 0 Å². The van der Waals surface area contributed by atoms with Crippen molar-refractivity contribution in [2.24, 2.45) is 0 Å². The number of aromatic nitrogens is 3. The van der Waals surface area contributed by atoms with Crippen LogP contribution in [0.3, 0.4) is 0 Å². The molecule has 140 valence electrons. The largest absolute Gasteiger partial charge is 0.417 e. The standard InChI is InChI=1S/C22H20N4O2/c1-14-9-11-18(12-10-14)23-20(27)19-22(26-16(3)13-15(2)25-26)28-21(24-19)17-7-5-4-6-8-17/h4-13H,1-3H3,(H,23,27). The van der Waals surface area contributed by atoms with Gasteiger partial charge in [-0.3, -0.25) is 4.79 Å². The third-order valence-electron chi connectivity index (χ3n) is 4.36. The van der Waals surface area contributed by atoms with Gasteiger partial charge in [0.15, 0.2) is 5.69 Å². The molecule has 0 saturated heterocycles. The third kappa shape index (κ3) is 3.44. The molecule has 0 aliphatic rings. The van der Waals surface area contributed by atoms with Gasteiger partial charge in [0.1, 0.15) is 0 Å². The first-order valence-electron chi connectivity index (χ1n) is 8.99. The number of hydrogen-bond donors (Lipinski definition) is 1. The first-order chi connectivity index (χ1) is 13.5. The Bertz CT molecular complexity index is 1130. The fraction of sp³-hybridized carbons (Fsp3) is 0.136. The number of hydrogen-bond acceptors (Lipinski definition) is 4. The van der Waals surface area contributed by atoms with Gasteiger partial charge in [0.25, 0.3) is 11.8 Å². The maximum Gasteiger partial charge on any atom is 0.280 e. The quantitative estimate of drug-likeness (QED) is 0.563. The Morgan fingerprint density at radius 1 is 1.00 bits per heavy atom. The van der Waals surface area contributed by atoms with Gasteiger partial charge in [-0.2, -0.15) is 5.10 Å². The summed E-state index contributed by atoms with van der Waals surface area (Å²) in [5, 5.41) is 7.34. The van der Waals surface area contributed by atoms with Crippen molar-refractivity contribution in [2.75, 3.05) is 5.32 Å². The molecule has 0 radical (unpaired) electrons. The molecule has 0 aliphatic heterocycles. The van der Waals surface area contributed by atoms with E-state index in [1.807, 2.05) is 81.4 Å². The lowest BCUT2D eigenvalue weighted by molar-refractivity contribution is 0.102. The summed E-state index contributed by atoms with van der Waals surface area (Å²) < 4.78 is 7.60. The van der Waals surface area contributed by atoms with Crippen LogP contribution in [0.2, 0.25) is 0 Å². The van der Waals surface area contributed by atoms with Crippen LogP contribution in [-0.2, 0) is 0 Å². The molecule has 28 heavy (non-hydrogen) atoms. The minimum Gasteiger partial charge on any atom is -0.417 e. The molecule has 4 rings (SSSR count). The Morgan fingerprint density at radius 3 is 2.36 bits per heavy atom. The van der Waals surface area contributed by atoms with E-state index in [0.717, 1.165) is 22.5 Å². The molecule has 0 saturated carbocycles. The summed E-state index contributed by atoms with van der Waals surface area (Å²) in [7, 11) is 0. The predicted octanol–water partition coefficient (Wildman–Crippen LogP) is 4.70. The van der Waals surface area contributed by atoms with E-state index in [2.05, 4.69) is 15.4 Å². The summed E-state index contributed by atoms with van der Waals surface area (Å²) in [6.45, 7) is 5.80. The van der Waals surface area contributed by atoms with Crippen molar-refractivity contribution < 1.29 is 9.21 Å². The second kappa shape index (κ2) is 7.15. The second-order valence-corrected chi connectivity index (χ2v) is 6.70. The molecule has 2 aromatic carbocycles. The van der Waals surface area contributed by atoms with Gasteiger partial charge in [-0.15, -0.1) is 0 Å². The minimum absolute atomic E-state index is 0.186. The molecule has 0 fully saturated rings. The molecule has 0 unspecified atom stereocenters. The maximum absolute atomic E-state index is 13.0. The van der Waals surface area contributed by atoms with Crippen LogP contribution in [0.4, 0.5) is 5.69 Å². The van der Waals surface area contributed by atoms with Gasteiger partial charge in [-0.25, -0.2) is 9.67 Å². The SMILES string of the molecule is Cc1ccc(NC(=O)c2nc(-c3ccccc3)oc2-n2nc(C)cc2C)cc1. The number of nitrogens with one attached hydrogen (secondary N) is 1. The van der Waals surface area contributed by atoms with Crippen LogP contribution in [0, 0.1) is 20.8 Å². The third-order valence-corrected chi connectivity index (χ3v) is 4.36. The lowest BCUT2D eigenvalue weighted by Crippen LogP contribution is -2.15. The van der Waals surface area contributed by atoms with Gasteiger partial charge < -0.3 is 9.73 Å². The number of oxazole rings is 1. The van der Waals surface area contributed by atoms with Crippen LogP contribution < -0.4 is 5.32 Å². The van der Waals surface area contributed by atoms with Crippen LogP contribution in [0.15, 0.2) is 65.1 Å². The van der Waals surface area contributed by atoms with Gasteiger partial charge >= 0.3 is 0 Å². The molecule has 4 aromatic rings. The number of carbonyl (C=O) groups is 1. The fourth-order valence-electron chi connectivity index (χ4n) is 2.97. The smallest absolute Gasteiger partial charge is 0.280 e. The molecular formula is C22H20N4O2.